The fourth-order valence-corrected chi connectivity index (χ4v) is 2.27. The number of nitrogens with one attached hydrogen (secondary N) is 1. The van der Waals surface area contributed by atoms with Gasteiger partial charge < -0.3 is 19.3 Å². The first-order valence-corrected chi connectivity index (χ1v) is 8.34. The maximum atomic E-state index is 12.4. The highest BCUT2D eigenvalue weighted by molar-refractivity contribution is 5.92. The average molecular weight is 360 g/mol. The molecule has 1 amide bonds. The molecule has 0 saturated carbocycles. The Kier molecular flexibility index (Phi) is 6.02. The van der Waals surface area contributed by atoms with Gasteiger partial charge in [0.05, 0.1) is 6.04 Å². The lowest BCUT2D eigenvalue weighted by atomic mass is 10.1. The lowest BCUT2D eigenvalue weighted by molar-refractivity contribution is 0.00658. The van der Waals surface area contributed by atoms with Crippen LogP contribution in [0.15, 0.2) is 34.9 Å². The molecule has 0 unspecified atom stereocenters. The Hall–Kier alpha value is -2.83. The number of carbonyl (C=O) groups excluding carboxylic acids is 2. The SMILES string of the molecule is Cc1onc([C@H](C)NC(=O)OCc2ccccc2)c1C(=O)OC(C)(C)C. The first kappa shape index (κ1) is 19.5. The Bertz CT molecular complexity index is 762. The van der Waals surface area contributed by atoms with Crippen LogP contribution in [-0.2, 0) is 16.1 Å². The topological polar surface area (TPSA) is 90.7 Å². The number of hydrogen-bond donors (Lipinski definition) is 1. The summed E-state index contributed by atoms with van der Waals surface area (Å²) >= 11 is 0. The number of alkyl carbamates (subject to hydrolysis) is 1. The van der Waals surface area contributed by atoms with Crippen molar-refractivity contribution in [2.45, 2.75) is 52.9 Å². The van der Waals surface area contributed by atoms with Crippen molar-refractivity contribution in [3.8, 4) is 0 Å². The Morgan fingerprint density at radius 3 is 2.50 bits per heavy atom. The summed E-state index contributed by atoms with van der Waals surface area (Å²) in [5.74, 6) is -0.210. The van der Waals surface area contributed by atoms with Crippen LogP contribution in [0.25, 0.3) is 0 Å². The molecule has 0 spiro atoms. The molecule has 26 heavy (non-hydrogen) atoms. The van der Waals surface area contributed by atoms with E-state index in [0.29, 0.717) is 11.5 Å². The second kappa shape index (κ2) is 8.03. The maximum absolute atomic E-state index is 12.4. The van der Waals surface area contributed by atoms with Gasteiger partial charge in [0.15, 0.2) is 0 Å². The molecule has 1 aromatic carbocycles. The molecular weight excluding hydrogens is 336 g/mol. The van der Waals surface area contributed by atoms with Crippen LogP contribution in [0, 0.1) is 6.92 Å². The quantitative estimate of drug-likeness (QED) is 0.813. The summed E-state index contributed by atoms with van der Waals surface area (Å²) < 4.78 is 15.7. The van der Waals surface area contributed by atoms with Crippen molar-refractivity contribution in [2.75, 3.05) is 0 Å². The molecule has 1 heterocycles. The third kappa shape index (κ3) is 5.34. The first-order valence-electron chi connectivity index (χ1n) is 8.34. The summed E-state index contributed by atoms with van der Waals surface area (Å²) in [4.78, 5) is 24.4. The number of esters is 1. The van der Waals surface area contributed by atoms with Crippen molar-refractivity contribution in [3.05, 3.63) is 52.9 Å². The van der Waals surface area contributed by atoms with Crippen LogP contribution in [0.2, 0.25) is 0 Å². The van der Waals surface area contributed by atoms with Crippen molar-refractivity contribution in [1.82, 2.24) is 10.5 Å². The van der Waals surface area contributed by atoms with Gasteiger partial charge >= 0.3 is 12.1 Å². The van der Waals surface area contributed by atoms with E-state index in [-0.39, 0.29) is 12.2 Å². The predicted octanol–water partition coefficient (Wildman–Crippen LogP) is 3.93. The number of amides is 1. The lowest BCUT2D eigenvalue weighted by Crippen LogP contribution is -2.30. The molecule has 1 N–H and O–H groups in total. The monoisotopic (exact) mass is 360 g/mol. The molecule has 2 aromatic rings. The summed E-state index contributed by atoms with van der Waals surface area (Å²) in [6, 6.07) is 8.75. The van der Waals surface area contributed by atoms with E-state index < -0.39 is 23.7 Å². The Morgan fingerprint density at radius 1 is 1.23 bits per heavy atom. The summed E-state index contributed by atoms with van der Waals surface area (Å²) in [7, 11) is 0. The van der Waals surface area contributed by atoms with Crippen molar-refractivity contribution >= 4 is 12.1 Å². The minimum atomic E-state index is -0.649. The fraction of sp³-hybridized carbons (Fsp3) is 0.421. The van der Waals surface area contributed by atoms with E-state index >= 15 is 0 Å². The summed E-state index contributed by atoms with van der Waals surface area (Å²) in [5.41, 5.74) is 0.745. The molecule has 7 nitrogen and oxygen atoms in total. The molecular formula is C19H24N2O5. The van der Waals surface area contributed by atoms with Crippen LogP contribution in [0.1, 0.15) is 61.1 Å². The van der Waals surface area contributed by atoms with E-state index in [2.05, 4.69) is 10.5 Å². The van der Waals surface area contributed by atoms with Crippen LogP contribution in [0.3, 0.4) is 0 Å². The normalized spacial score (nSPS) is 12.3. The standard InChI is InChI=1S/C19H24N2O5/c1-12(20-18(23)24-11-14-9-7-6-8-10-14)16-15(13(2)26-21-16)17(22)25-19(3,4)5/h6-10,12H,11H2,1-5H3,(H,20,23)/t12-/m0/s1. The van der Waals surface area contributed by atoms with Crippen molar-refractivity contribution in [3.63, 3.8) is 0 Å². The molecule has 7 heteroatoms. The molecule has 0 aliphatic carbocycles. The molecule has 2 rings (SSSR count). The highest BCUT2D eigenvalue weighted by atomic mass is 16.6. The van der Waals surface area contributed by atoms with Gasteiger partial charge in [-0.3, -0.25) is 0 Å². The average Bonchev–Trinajstić information content (AvgIpc) is 2.94. The lowest BCUT2D eigenvalue weighted by Gasteiger charge is -2.20. The van der Waals surface area contributed by atoms with Gasteiger partial charge in [-0.25, -0.2) is 9.59 Å². The van der Waals surface area contributed by atoms with Crippen molar-refractivity contribution in [1.29, 1.82) is 0 Å². The third-order valence-electron chi connectivity index (χ3n) is 3.45. The van der Waals surface area contributed by atoms with Gasteiger partial charge in [-0.1, -0.05) is 35.5 Å². The molecule has 0 aliphatic heterocycles. The van der Waals surface area contributed by atoms with Crippen molar-refractivity contribution in [2.24, 2.45) is 0 Å². The third-order valence-corrected chi connectivity index (χ3v) is 3.45. The highest BCUT2D eigenvalue weighted by Gasteiger charge is 2.29. The molecule has 0 fully saturated rings. The predicted molar refractivity (Wildman–Crippen MR) is 94.6 cm³/mol. The van der Waals surface area contributed by atoms with E-state index in [1.165, 1.54) is 0 Å². The van der Waals surface area contributed by atoms with E-state index in [9.17, 15) is 9.59 Å². The summed E-state index contributed by atoms with van der Waals surface area (Å²) in [6.07, 6.45) is -0.614. The first-order chi connectivity index (χ1) is 12.2. The molecule has 1 aromatic heterocycles. The number of rotatable bonds is 5. The molecule has 140 valence electrons. The second-order valence-electron chi connectivity index (χ2n) is 6.93. The van der Waals surface area contributed by atoms with Crippen LogP contribution >= 0.6 is 0 Å². The second-order valence-corrected chi connectivity index (χ2v) is 6.93. The Labute approximate surface area is 152 Å². The smallest absolute Gasteiger partial charge is 0.407 e. The van der Waals surface area contributed by atoms with E-state index in [4.69, 9.17) is 14.0 Å². The molecule has 1 atom stereocenters. The number of ether oxygens (including phenoxy) is 2. The largest absolute Gasteiger partial charge is 0.456 e. The van der Waals surface area contributed by atoms with Gasteiger partial charge in [0.2, 0.25) is 0 Å². The number of hydrogen-bond acceptors (Lipinski definition) is 6. The fourth-order valence-electron chi connectivity index (χ4n) is 2.27. The van der Waals surface area contributed by atoms with E-state index in [1.54, 1.807) is 34.6 Å². The highest BCUT2D eigenvalue weighted by Crippen LogP contribution is 2.23. The molecule has 0 radical (unpaired) electrons. The summed E-state index contributed by atoms with van der Waals surface area (Å²) in [6.45, 7) is 8.78. The Morgan fingerprint density at radius 2 is 1.88 bits per heavy atom. The van der Waals surface area contributed by atoms with E-state index in [1.807, 2.05) is 30.3 Å². The van der Waals surface area contributed by atoms with Crippen LogP contribution in [0.4, 0.5) is 4.79 Å². The van der Waals surface area contributed by atoms with Gasteiger partial charge in [-0.15, -0.1) is 0 Å². The zero-order chi connectivity index (χ0) is 19.3. The minimum absolute atomic E-state index is 0.149. The Balaban J connectivity index is 2.02. The van der Waals surface area contributed by atoms with Gasteiger partial charge in [-0.2, -0.15) is 0 Å². The zero-order valence-electron chi connectivity index (χ0n) is 15.7. The minimum Gasteiger partial charge on any atom is -0.456 e. The number of aromatic nitrogens is 1. The maximum Gasteiger partial charge on any atom is 0.407 e. The number of carbonyl (C=O) groups is 2. The molecule has 0 bridgehead atoms. The number of nitrogens with zero attached hydrogens (tertiary/aromatic N) is 1. The van der Waals surface area contributed by atoms with Gasteiger partial charge in [0.1, 0.15) is 29.2 Å². The van der Waals surface area contributed by atoms with Gasteiger partial charge in [0, 0.05) is 0 Å². The van der Waals surface area contributed by atoms with Crippen LogP contribution < -0.4 is 5.32 Å². The van der Waals surface area contributed by atoms with Crippen molar-refractivity contribution < 1.29 is 23.6 Å². The van der Waals surface area contributed by atoms with Crippen LogP contribution in [0.5, 0.6) is 0 Å². The number of benzene rings is 1. The molecule has 0 saturated heterocycles. The number of aryl methyl sites for hydroxylation is 1. The van der Waals surface area contributed by atoms with Gasteiger partial charge in [-0.05, 0) is 40.2 Å². The van der Waals surface area contributed by atoms with Gasteiger partial charge in [0.25, 0.3) is 0 Å². The zero-order valence-corrected chi connectivity index (χ0v) is 15.7. The van der Waals surface area contributed by atoms with Crippen LogP contribution in [-0.4, -0.2) is 22.8 Å². The molecule has 0 aliphatic rings. The summed E-state index contributed by atoms with van der Waals surface area (Å²) in [5, 5.41) is 6.54. The van der Waals surface area contributed by atoms with E-state index in [0.717, 1.165) is 5.56 Å².